The monoisotopic (exact) mass is 440 g/mol. The van der Waals surface area contributed by atoms with Crippen LogP contribution in [0.15, 0.2) is 72.9 Å². The van der Waals surface area contributed by atoms with Crippen molar-refractivity contribution in [2.24, 2.45) is 0 Å². The second-order valence-electron chi connectivity index (χ2n) is 8.05. The molecule has 4 aromatic rings. The van der Waals surface area contributed by atoms with E-state index in [1.54, 1.807) is 30.5 Å². The Kier molecular flexibility index (Phi) is 5.87. The zero-order chi connectivity index (χ0) is 22.6. The summed E-state index contributed by atoms with van der Waals surface area (Å²) in [6.45, 7) is 1.25. The molecule has 0 aliphatic carbocycles. The Balaban J connectivity index is 1.28. The van der Waals surface area contributed by atoms with E-state index in [4.69, 9.17) is 4.74 Å². The predicted octanol–water partition coefficient (Wildman–Crippen LogP) is 4.94. The van der Waals surface area contributed by atoms with Gasteiger partial charge in [0.25, 0.3) is 5.91 Å². The molecule has 0 radical (unpaired) electrons. The molecule has 1 atom stereocenters. The highest BCUT2D eigenvalue weighted by Crippen LogP contribution is 2.28. The largest absolute Gasteiger partial charge is 0.376 e. The molecule has 1 unspecified atom stereocenters. The number of nitrogens with one attached hydrogen (secondary N) is 3. The van der Waals surface area contributed by atoms with Crippen molar-refractivity contribution in [3.8, 4) is 0 Å². The summed E-state index contributed by atoms with van der Waals surface area (Å²) in [5.41, 5.74) is 2.44. The van der Waals surface area contributed by atoms with Crippen molar-refractivity contribution < 1.29 is 14.3 Å². The van der Waals surface area contributed by atoms with E-state index in [-0.39, 0.29) is 18.0 Å². The molecule has 1 fully saturated rings. The van der Waals surface area contributed by atoms with Crippen LogP contribution >= 0.6 is 0 Å². The molecule has 0 saturated carbocycles. The number of rotatable bonds is 5. The molecule has 5 rings (SSSR count). The third-order valence-electron chi connectivity index (χ3n) is 5.77. The van der Waals surface area contributed by atoms with E-state index in [2.05, 4.69) is 20.9 Å². The maximum absolute atomic E-state index is 13.1. The van der Waals surface area contributed by atoms with E-state index in [1.165, 1.54) is 0 Å². The predicted molar refractivity (Wildman–Crippen MR) is 130 cm³/mol. The number of urea groups is 1. The molecule has 1 aliphatic rings. The van der Waals surface area contributed by atoms with Gasteiger partial charge in [0.15, 0.2) is 0 Å². The maximum Gasteiger partial charge on any atom is 0.319 e. The van der Waals surface area contributed by atoms with Gasteiger partial charge in [-0.15, -0.1) is 0 Å². The summed E-state index contributed by atoms with van der Waals surface area (Å²) >= 11 is 0. The third-order valence-corrected chi connectivity index (χ3v) is 5.77. The summed E-state index contributed by atoms with van der Waals surface area (Å²) in [5, 5.41) is 11.5. The number of benzene rings is 3. The van der Waals surface area contributed by atoms with E-state index in [0.29, 0.717) is 29.0 Å². The SMILES string of the molecule is O=C(NCC1CCCO1)Nc1ccc(NC(=O)c2cc3ccccc3c3cccnc23)cc1. The minimum atomic E-state index is -0.281. The fourth-order valence-corrected chi connectivity index (χ4v) is 4.12. The molecule has 3 amide bonds. The minimum Gasteiger partial charge on any atom is -0.376 e. The van der Waals surface area contributed by atoms with Crippen molar-refractivity contribution in [1.82, 2.24) is 10.3 Å². The summed E-state index contributed by atoms with van der Waals surface area (Å²) in [4.78, 5) is 29.7. The van der Waals surface area contributed by atoms with Crippen LogP contribution in [0, 0.1) is 0 Å². The summed E-state index contributed by atoms with van der Waals surface area (Å²) in [6.07, 6.45) is 3.79. The molecule has 166 valence electrons. The Hall–Kier alpha value is -3.97. The van der Waals surface area contributed by atoms with Gasteiger partial charge in [-0.2, -0.15) is 0 Å². The molecule has 7 heteroatoms. The number of pyridine rings is 1. The quantitative estimate of drug-likeness (QED) is 0.383. The first-order chi connectivity index (χ1) is 16.2. The highest BCUT2D eigenvalue weighted by atomic mass is 16.5. The Bertz CT molecular complexity index is 1310. The van der Waals surface area contributed by atoms with E-state index in [9.17, 15) is 9.59 Å². The van der Waals surface area contributed by atoms with Crippen LogP contribution in [0.2, 0.25) is 0 Å². The Morgan fingerprint density at radius 1 is 0.939 bits per heavy atom. The Morgan fingerprint density at radius 3 is 2.48 bits per heavy atom. The smallest absolute Gasteiger partial charge is 0.319 e. The molecule has 33 heavy (non-hydrogen) atoms. The van der Waals surface area contributed by atoms with Crippen molar-refractivity contribution in [3.63, 3.8) is 0 Å². The van der Waals surface area contributed by atoms with Gasteiger partial charge in [-0.3, -0.25) is 9.78 Å². The molecule has 1 saturated heterocycles. The number of amides is 3. The number of nitrogens with zero attached hydrogens (tertiary/aromatic N) is 1. The molecular weight excluding hydrogens is 416 g/mol. The Labute approximate surface area is 191 Å². The molecule has 1 aliphatic heterocycles. The second-order valence-corrected chi connectivity index (χ2v) is 8.05. The Morgan fingerprint density at radius 2 is 1.70 bits per heavy atom. The van der Waals surface area contributed by atoms with Crippen molar-refractivity contribution in [3.05, 3.63) is 78.5 Å². The highest BCUT2D eigenvalue weighted by molar-refractivity contribution is 6.18. The molecule has 0 spiro atoms. The fourth-order valence-electron chi connectivity index (χ4n) is 4.12. The molecule has 0 bridgehead atoms. The molecular formula is C26H24N4O3. The van der Waals surface area contributed by atoms with Gasteiger partial charge in [-0.25, -0.2) is 4.79 Å². The number of carbonyl (C=O) groups excluding carboxylic acids is 2. The van der Waals surface area contributed by atoms with Crippen LogP contribution in [0.4, 0.5) is 16.2 Å². The lowest BCUT2D eigenvalue weighted by Gasteiger charge is -2.12. The van der Waals surface area contributed by atoms with Gasteiger partial charge in [0, 0.05) is 36.1 Å². The van der Waals surface area contributed by atoms with Crippen LogP contribution in [0.3, 0.4) is 0 Å². The normalized spacial score (nSPS) is 15.5. The highest BCUT2D eigenvalue weighted by Gasteiger charge is 2.17. The average molecular weight is 441 g/mol. The number of carbonyl (C=O) groups is 2. The number of ether oxygens (including phenoxy) is 1. The first-order valence-electron chi connectivity index (χ1n) is 11.0. The second kappa shape index (κ2) is 9.26. The lowest BCUT2D eigenvalue weighted by Crippen LogP contribution is -2.35. The van der Waals surface area contributed by atoms with E-state index >= 15 is 0 Å². The van der Waals surface area contributed by atoms with Crippen molar-refractivity contribution in [2.75, 3.05) is 23.8 Å². The summed E-state index contributed by atoms with van der Waals surface area (Å²) in [7, 11) is 0. The van der Waals surface area contributed by atoms with Crippen LogP contribution in [0.25, 0.3) is 21.7 Å². The molecule has 3 aromatic carbocycles. The first kappa shape index (κ1) is 20.9. The standard InChI is InChI=1S/C26H24N4O3/c31-25(23-15-17-5-1-2-7-21(17)22-8-3-13-27-24(22)23)29-18-9-11-19(12-10-18)30-26(32)28-16-20-6-4-14-33-20/h1-3,5,7-13,15,20H,4,6,14,16H2,(H,29,31)(H2,28,30,32). The van der Waals surface area contributed by atoms with Gasteiger partial charge in [0.2, 0.25) is 0 Å². The topological polar surface area (TPSA) is 92.4 Å². The number of aromatic nitrogens is 1. The zero-order valence-corrected chi connectivity index (χ0v) is 18.0. The van der Waals surface area contributed by atoms with Crippen molar-refractivity contribution in [1.29, 1.82) is 0 Å². The van der Waals surface area contributed by atoms with Gasteiger partial charge in [-0.1, -0.05) is 30.3 Å². The van der Waals surface area contributed by atoms with Crippen LogP contribution in [-0.4, -0.2) is 36.2 Å². The van der Waals surface area contributed by atoms with Gasteiger partial charge >= 0.3 is 6.03 Å². The number of hydrogen-bond donors (Lipinski definition) is 3. The van der Waals surface area contributed by atoms with E-state index in [1.807, 2.05) is 42.5 Å². The number of hydrogen-bond acceptors (Lipinski definition) is 4. The molecule has 7 nitrogen and oxygen atoms in total. The van der Waals surface area contributed by atoms with Gasteiger partial charge in [-0.05, 0) is 60.0 Å². The lowest BCUT2D eigenvalue weighted by atomic mass is 10.0. The third kappa shape index (κ3) is 4.63. The number of anilines is 2. The van der Waals surface area contributed by atoms with Crippen LogP contribution in [0.1, 0.15) is 23.2 Å². The van der Waals surface area contributed by atoms with Crippen LogP contribution in [-0.2, 0) is 4.74 Å². The number of fused-ring (bicyclic) bond motifs is 3. The summed E-state index contributed by atoms with van der Waals surface area (Å²) < 4.78 is 5.51. The van der Waals surface area contributed by atoms with Gasteiger partial charge < -0.3 is 20.7 Å². The van der Waals surface area contributed by atoms with E-state index in [0.717, 1.165) is 35.6 Å². The van der Waals surface area contributed by atoms with Crippen molar-refractivity contribution >= 4 is 45.0 Å². The van der Waals surface area contributed by atoms with Gasteiger partial charge in [0.1, 0.15) is 0 Å². The molecule has 3 N–H and O–H groups in total. The maximum atomic E-state index is 13.1. The molecule has 2 heterocycles. The zero-order valence-electron chi connectivity index (χ0n) is 18.0. The average Bonchev–Trinajstić information content (AvgIpc) is 3.37. The summed E-state index contributed by atoms with van der Waals surface area (Å²) in [5.74, 6) is -0.237. The fraction of sp³-hybridized carbons (Fsp3) is 0.192. The minimum absolute atomic E-state index is 0.0917. The van der Waals surface area contributed by atoms with Gasteiger partial charge in [0.05, 0.1) is 17.2 Å². The van der Waals surface area contributed by atoms with Crippen LogP contribution in [0.5, 0.6) is 0 Å². The lowest BCUT2D eigenvalue weighted by molar-refractivity contribution is 0.102. The summed E-state index contributed by atoms with van der Waals surface area (Å²) in [6, 6.07) is 20.4. The first-order valence-corrected chi connectivity index (χ1v) is 11.0. The van der Waals surface area contributed by atoms with E-state index < -0.39 is 0 Å². The molecule has 1 aromatic heterocycles. The van der Waals surface area contributed by atoms with Crippen LogP contribution < -0.4 is 16.0 Å². The van der Waals surface area contributed by atoms with Crippen molar-refractivity contribution in [2.45, 2.75) is 18.9 Å².